The number of halogens is 1. The highest BCUT2D eigenvalue weighted by molar-refractivity contribution is 5.98. The first kappa shape index (κ1) is 20.7. The van der Waals surface area contributed by atoms with Gasteiger partial charge in [-0.2, -0.15) is 0 Å². The summed E-state index contributed by atoms with van der Waals surface area (Å²) in [5, 5.41) is 5.58. The zero-order valence-corrected chi connectivity index (χ0v) is 15.0. The first-order valence-corrected chi connectivity index (χ1v) is 8.08. The van der Waals surface area contributed by atoms with Gasteiger partial charge in [0, 0.05) is 17.8 Å². The second-order valence-corrected chi connectivity index (χ2v) is 5.62. The van der Waals surface area contributed by atoms with Gasteiger partial charge in [0.1, 0.15) is 0 Å². The maximum atomic E-state index is 12.2. The summed E-state index contributed by atoms with van der Waals surface area (Å²) in [5.74, 6) is -0.425. The highest BCUT2D eigenvalue weighted by atomic mass is 35.5. The summed E-state index contributed by atoms with van der Waals surface area (Å²) in [7, 11) is 0. The molecule has 0 spiro atoms. The molecule has 0 radical (unpaired) electrons. The summed E-state index contributed by atoms with van der Waals surface area (Å²) in [4.78, 5) is 24.2. The van der Waals surface area contributed by atoms with E-state index in [1.807, 2.05) is 37.3 Å². The van der Waals surface area contributed by atoms with Crippen LogP contribution in [0.5, 0.6) is 0 Å². The number of amides is 2. The van der Waals surface area contributed by atoms with Crippen LogP contribution in [0.1, 0.15) is 29.3 Å². The monoisotopic (exact) mass is 361 g/mol. The molecule has 25 heavy (non-hydrogen) atoms. The average Bonchev–Trinajstić information content (AvgIpc) is 2.60. The minimum atomic E-state index is -0.648. The SMILES string of the molecule is CCCNC(=O)c1cccc(NC(=O)C(N)Cc2ccccc2)c1.Cl. The number of hydrogen-bond donors (Lipinski definition) is 3. The molecule has 0 aliphatic rings. The van der Waals surface area contributed by atoms with Crippen molar-refractivity contribution in [1.29, 1.82) is 0 Å². The molecule has 5 nitrogen and oxygen atoms in total. The Balaban J connectivity index is 0.00000312. The summed E-state index contributed by atoms with van der Waals surface area (Å²) in [6.45, 7) is 2.61. The van der Waals surface area contributed by atoms with E-state index in [0.29, 0.717) is 24.2 Å². The molecule has 0 aliphatic carbocycles. The van der Waals surface area contributed by atoms with Crippen molar-refractivity contribution in [2.24, 2.45) is 5.73 Å². The van der Waals surface area contributed by atoms with Crippen molar-refractivity contribution in [3.05, 3.63) is 65.7 Å². The van der Waals surface area contributed by atoms with Crippen LogP contribution in [0.2, 0.25) is 0 Å². The lowest BCUT2D eigenvalue weighted by Gasteiger charge is -2.13. The predicted molar refractivity (Wildman–Crippen MR) is 103 cm³/mol. The summed E-state index contributed by atoms with van der Waals surface area (Å²) < 4.78 is 0. The predicted octanol–water partition coefficient (Wildman–Crippen LogP) is 2.76. The van der Waals surface area contributed by atoms with Crippen molar-refractivity contribution in [2.75, 3.05) is 11.9 Å². The van der Waals surface area contributed by atoms with Crippen molar-refractivity contribution >= 4 is 29.9 Å². The van der Waals surface area contributed by atoms with Crippen molar-refractivity contribution < 1.29 is 9.59 Å². The van der Waals surface area contributed by atoms with E-state index in [9.17, 15) is 9.59 Å². The van der Waals surface area contributed by atoms with E-state index in [-0.39, 0.29) is 24.2 Å². The van der Waals surface area contributed by atoms with Gasteiger partial charge in [-0.15, -0.1) is 12.4 Å². The Hall–Kier alpha value is -2.37. The van der Waals surface area contributed by atoms with Gasteiger partial charge in [-0.25, -0.2) is 0 Å². The van der Waals surface area contributed by atoms with Gasteiger partial charge in [-0.1, -0.05) is 43.3 Å². The van der Waals surface area contributed by atoms with Crippen LogP contribution in [-0.4, -0.2) is 24.4 Å². The van der Waals surface area contributed by atoms with Crippen molar-refractivity contribution in [3.63, 3.8) is 0 Å². The Kier molecular flexibility index (Phi) is 8.67. The standard InChI is InChI=1S/C19H23N3O2.ClH/c1-2-11-21-18(23)15-9-6-10-16(13-15)22-19(24)17(20)12-14-7-4-3-5-8-14;/h3-10,13,17H,2,11-12,20H2,1H3,(H,21,23)(H,22,24);1H. The summed E-state index contributed by atoms with van der Waals surface area (Å²) >= 11 is 0. The molecule has 2 aromatic rings. The van der Waals surface area contributed by atoms with Crippen LogP contribution in [0.25, 0.3) is 0 Å². The lowest BCUT2D eigenvalue weighted by atomic mass is 10.1. The topological polar surface area (TPSA) is 84.2 Å². The number of anilines is 1. The number of nitrogens with two attached hydrogens (primary N) is 1. The number of benzene rings is 2. The Morgan fingerprint density at radius 2 is 1.80 bits per heavy atom. The molecule has 0 bridgehead atoms. The number of carbonyl (C=O) groups excluding carboxylic acids is 2. The Bertz CT molecular complexity index is 692. The summed E-state index contributed by atoms with van der Waals surface area (Å²) in [5.41, 5.74) is 8.05. The van der Waals surface area contributed by atoms with Crippen LogP contribution in [-0.2, 0) is 11.2 Å². The molecule has 0 fully saturated rings. The van der Waals surface area contributed by atoms with Gasteiger partial charge in [0.05, 0.1) is 6.04 Å². The van der Waals surface area contributed by atoms with Crippen LogP contribution in [0.4, 0.5) is 5.69 Å². The lowest BCUT2D eigenvalue weighted by molar-refractivity contribution is -0.117. The van der Waals surface area contributed by atoms with Gasteiger partial charge >= 0.3 is 0 Å². The maximum absolute atomic E-state index is 12.2. The molecule has 6 heteroatoms. The fourth-order valence-electron chi connectivity index (χ4n) is 2.27. The second-order valence-electron chi connectivity index (χ2n) is 5.62. The van der Waals surface area contributed by atoms with E-state index in [1.54, 1.807) is 24.3 Å². The van der Waals surface area contributed by atoms with Crippen LogP contribution in [0.15, 0.2) is 54.6 Å². The first-order valence-electron chi connectivity index (χ1n) is 8.08. The zero-order valence-electron chi connectivity index (χ0n) is 14.2. The lowest BCUT2D eigenvalue weighted by Crippen LogP contribution is -2.37. The minimum absolute atomic E-state index is 0. The molecule has 0 aliphatic heterocycles. The molecule has 2 aromatic carbocycles. The van der Waals surface area contributed by atoms with Gasteiger partial charge in [0.25, 0.3) is 5.91 Å². The third-order valence-electron chi connectivity index (χ3n) is 3.56. The second kappa shape index (κ2) is 10.5. The summed E-state index contributed by atoms with van der Waals surface area (Å²) in [6, 6.07) is 15.8. The zero-order chi connectivity index (χ0) is 17.4. The molecule has 1 unspecified atom stereocenters. The van der Waals surface area contributed by atoms with E-state index in [1.165, 1.54) is 0 Å². The largest absolute Gasteiger partial charge is 0.352 e. The van der Waals surface area contributed by atoms with E-state index >= 15 is 0 Å². The van der Waals surface area contributed by atoms with Crippen molar-refractivity contribution in [3.8, 4) is 0 Å². The molecule has 1 atom stereocenters. The fraction of sp³-hybridized carbons (Fsp3) is 0.263. The molecule has 0 aromatic heterocycles. The summed E-state index contributed by atoms with van der Waals surface area (Å²) in [6.07, 6.45) is 1.33. The van der Waals surface area contributed by atoms with Gasteiger partial charge in [-0.05, 0) is 36.6 Å². The molecular weight excluding hydrogens is 338 g/mol. The number of carbonyl (C=O) groups is 2. The average molecular weight is 362 g/mol. The Labute approximate surface area is 154 Å². The van der Waals surface area contributed by atoms with Gasteiger partial charge in [-0.3, -0.25) is 9.59 Å². The van der Waals surface area contributed by atoms with Crippen molar-refractivity contribution in [2.45, 2.75) is 25.8 Å². The molecule has 0 saturated heterocycles. The number of rotatable bonds is 7. The quantitative estimate of drug-likeness (QED) is 0.709. The Morgan fingerprint density at radius 1 is 1.08 bits per heavy atom. The van der Waals surface area contributed by atoms with Crippen LogP contribution in [0, 0.1) is 0 Å². The maximum Gasteiger partial charge on any atom is 0.251 e. The molecule has 4 N–H and O–H groups in total. The highest BCUT2D eigenvalue weighted by Crippen LogP contribution is 2.12. The first-order chi connectivity index (χ1) is 11.6. The van der Waals surface area contributed by atoms with Gasteiger partial charge in [0.15, 0.2) is 0 Å². The smallest absolute Gasteiger partial charge is 0.251 e. The molecule has 2 rings (SSSR count). The minimum Gasteiger partial charge on any atom is -0.352 e. The number of nitrogens with one attached hydrogen (secondary N) is 2. The molecule has 134 valence electrons. The van der Waals surface area contributed by atoms with Crippen LogP contribution < -0.4 is 16.4 Å². The normalized spacial score (nSPS) is 11.1. The highest BCUT2D eigenvalue weighted by Gasteiger charge is 2.15. The van der Waals surface area contributed by atoms with E-state index in [0.717, 1.165) is 12.0 Å². The van der Waals surface area contributed by atoms with Crippen molar-refractivity contribution in [1.82, 2.24) is 5.32 Å². The van der Waals surface area contributed by atoms with E-state index in [4.69, 9.17) is 5.73 Å². The molecule has 2 amide bonds. The molecular formula is C19H24ClN3O2. The van der Waals surface area contributed by atoms with E-state index in [2.05, 4.69) is 10.6 Å². The van der Waals surface area contributed by atoms with Crippen LogP contribution in [0.3, 0.4) is 0 Å². The van der Waals surface area contributed by atoms with E-state index < -0.39 is 6.04 Å². The molecule has 0 heterocycles. The Morgan fingerprint density at radius 3 is 2.48 bits per heavy atom. The third kappa shape index (κ3) is 6.57. The third-order valence-corrected chi connectivity index (χ3v) is 3.56. The van der Waals surface area contributed by atoms with Gasteiger partial charge in [0.2, 0.25) is 5.91 Å². The number of hydrogen-bond acceptors (Lipinski definition) is 3. The van der Waals surface area contributed by atoms with Crippen LogP contribution >= 0.6 is 12.4 Å². The molecule has 0 saturated carbocycles. The van der Waals surface area contributed by atoms with Gasteiger partial charge < -0.3 is 16.4 Å². The fourth-order valence-corrected chi connectivity index (χ4v) is 2.27.